The summed E-state index contributed by atoms with van der Waals surface area (Å²) in [6.45, 7) is 1.61. The molecule has 3 aromatic rings. The van der Waals surface area contributed by atoms with E-state index in [1.54, 1.807) is 73.7 Å². The summed E-state index contributed by atoms with van der Waals surface area (Å²) in [7, 11) is 2.93. The molecule has 0 aliphatic rings. The minimum atomic E-state index is -0.995. The molecule has 3 rings (SSSR count). The van der Waals surface area contributed by atoms with E-state index in [-0.39, 0.29) is 5.75 Å². The zero-order valence-corrected chi connectivity index (χ0v) is 20.7. The third-order valence-corrected chi connectivity index (χ3v) is 5.45. The van der Waals surface area contributed by atoms with Crippen LogP contribution in [0.5, 0.6) is 17.2 Å². The number of amides is 2. The number of ether oxygens (including phenoxy) is 3. The number of hydrazone groups is 1. The van der Waals surface area contributed by atoms with Gasteiger partial charge in [0.05, 0.1) is 31.2 Å². The lowest BCUT2D eigenvalue weighted by molar-refractivity contribution is -0.136. The van der Waals surface area contributed by atoms with Crippen LogP contribution >= 0.6 is 15.9 Å². The molecule has 0 radical (unpaired) electrons. The lowest BCUT2D eigenvalue weighted by atomic mass is 10.1. The van der Waals surface area contributed by atoms with E-state index < -0.39 is 17.8 Å². The van der Waals surface area contributed by atoms with Crippen LogP contribution < -0.4 is 25.0 Å². The highest BCUT2D eigenvalue weighted by atomic mass is 79.9. The highest BCUT2D eigenvalue weighted by molar-refractivity contribution is 9.10. The second-order valence-electron chi connectivity index (χ2n) is 7.02. The summed E-state index contributed by atoms with van der Waals surface area (Å²) in [6.07, 6.45) is 0. The number of carbonyl (C=O) groups excluding carboxylic acids is 3. The minimum absolute atomic E-state index is 0.246. The number of nitrogens with zero attached hydrogens (tertiary/aromatic N) is 1. The van der Waals surface area contributed by atoms with E-state index in [2.05, 4.69) is 31.8 Å². The molecule has 0 unspecified atom stereocenters. The third kappa shape index (κ3) is 6.45. The molecule has 3 aromatic carbocycles. The molecular formula is C25H22BrN3O6. The number of hydrogen-bond donors (Lipinski definition) is 2. The maximum Gasteiger partial charge on any atom is 0.344 e. The average molecular weight is 540 g/mol. The topological polar surface area (TPSA) is 115 Å². The van der Waals surface area contributed by atoms with Crippen LogP contribution in [-0.4, -0.2) is 37.7 Å². The molecule has 0 aliphatic carbocycles. The third-order valence-electron chi connectivity index (χ3n) is 4.76. The van der Waals surface area contributed by atoms with Gasteiger partial charge in [-0.15, -0.1) is 0 Å². The van der Waals surface area contributed by atoms with Crippen molar-refractivity contribution in [3.8, 4) is 17.2 Å². The molecule has 0 aromatic heterocycles. The van der Waals surface area contributed by atoms with Crippen molar-refractivity contribution >= 4 is 45.1 Å². The molecule has 2 amide bonds. The van der Waals surface area contributed by atoms with Crippen molar-refractivity contribution in [2.45, 2.75) is 6.92 Å². The fourth-order valence-corrected chi connectivity index (χ4v) is 3.41. The summed E-state index contributed by atoms with van der Waals surface area (Å²) in [5, 5.41) is 6.45. The van der Waals surface area contributed by atoms with Crippen LogP contribution in [0.3, 0.4) is 0 Å². The maximum absolute atomic E-state index is 12.6. The SMILES string of the molecule is COc1ccc(NC(=O)C(=O)N/N=C(\C)c2ccccc2OC(=O)c2ccccc2Br)c(OC)c1. The molecule has 180 valence electrons. The van der Waals surface area contributed by atoms with E-state index in [4.69, 9.17) is 14.2 Å². The Hall–Kier alpha value is -4.18. The highest BCUT2D eigenvalue weighted by Crippen LogP contribution is 2.29. The molecule has 0 heterocycles. The Bertz CT molecular complexity index is 1290. The molecular weight excluding hydrogens is 518 g/mol. The van der Waals surface area contributed by atoms with Gasteiger partial charge in [0.1, 0.15) is 17.2 Å². The zero-order valence-electron chi connectivity index (χ0n) is 19.1. The lowest BCUT2D eigenvalue weighted by Gasteiger charge is -2.12. The second kappa shape index (κ2) is 11.8. The van der Waals surface area contributed by atoms with E-state index in [0.29, 0.717) is 38.5 Å². The monoisotopic (exact) mass is 539 g/mol. The Morgan fingerprint density at radius 2 is 1.51 bits per heavy atom. The van der Waals surface area contributed by atoms with Gasteiger partial charge in [0.2, 0.25) is 0 Å². The molecule has 0 bridgehead atoms. The second-order valence-corrected chi connectivity index (χ2v) is 7.88. The van der Waals surface area contributed by atoms with Gasteiger partial charge in [0.25, 0.3) is 0 Å². The zero-order chi connectivity index (χ0) is 25.4. The maximum atomic E-state index is 12.6. The fraction of sp³-hybridized carbons (Fsp3) is 0.120. The summed E-state index contributed by atoms with van der Waals surface area (Å²) in [4.78, 5) is 37.2. The average Bonchev–Trinajstić information content (AvgIpc) is 2.87. The van der Waals surface area contributed by atoms with Crippen molar-refractivity contribution < 1.29 is 28.6 Å². The van der Waals surface area contributed by atoms with Crippen LogP contribution in [0.15, 0.2) is 76.3 Å². The highest BCUT2D eigenvalue weighted by Gasteiger charge is 2.18. The Kier molecular flexibility index (Phi) is 8.58. The summed E-state index contributed by atoms with van der Waals surface area (Å²) in [6, 6.07) is 18.3. The predicted molar refractivity (Wildman–Crippen MR) is 134 cm³/mol. The first-order valence-electron chi connectivity index (χ1n) is 10.3. The summed E-state index contributed by atoms with van der Waals surface area (Å²) >= 11 is 3.33. The number of carbonyl (C=O) groups is 3. The Labute approximate surface area is 210 Å². The number of halogens is 1. The summed E-state index contributed by atoms with van der Waals surface area (Å²) in [5.41, 5.74) is 3.64. The molecule has 0 saturated heterocycles. The number of esters is 1. The van der Waals surface area contributed by atoms with Gasteiger partial charge < -0.3 is 19.5 Å². The first kappa shape index (κ1) is 25.4. The molecule has 2 N–H and O–H groups in total. The number of rotatable bonds is 7. The first-order chi connectivity index (χ1) is 16.8. The van der Waals surface area contributed by atoms with Crippen LogP contribution in [-0.2, 0) is 9.59 Å². The largest absolute Gasteiger partial charge is 0.497 e. The number of hydrogen-bond acceptors (Lipinski definition) is 7. The normalized spacial score (nSPS) is 10.8. The van der Waals surface area contributed by atoms with Crippen molar-refractivity contribution in [2.24, 2.45) is 5.10 Å². The van der Waals surface area contributed by atoms with Crippen LogP contribution in [0.1, 0.15) is 22.8 Å². The Morgan fingerprint density at radius 1 is 0.829 bits per heavy atom. The molecule has 9 nitrogen and oxygen atoms in total. The fourth-order valence-electron chi connectivity index (χ4n) is 2.96. The van der Waals surface area contributed by atoms with Gasteiger partial charge in [-0.2, -0.15) is 5.10 Å². The lowest BCUT2D eigenvalue weighted by Crippen LogP contribution is -2.33. The Morgan fingerprint density at radius 3 is 2.20 bits per heavy atom. The van der Waals surface area contributed by atoms with Gasteiger partial charge in [-0.1, -0.05) is 24.3 Å². The number of nitrogens with one attached hydrogen (secondary N) is 2. The molecule has 0 aliphatic heterocycles. The van der Waals surface area contributed by atoms with Crippen molar-refractivity contribution in [2.75, 3.05) is 19.5 Å². The molecule has 0 saturated carbocycles. The van der Waals surface area contributed by atoms with Gasteiger partial charge >= 0.3 is 17.8 Å². The molecule has 35 heavy (non-hydrogen) atoms. The number of anilines is 1. The van der Waals surface area contributed by atoms with Gasteiger partial charge in [0, 0.05) is 16.1 Å². The van der Waals surface area contributed by atoms with Crippen LogP contribution in [0, 0.1) is 0 Å². The molecule has 0 spiro atoms. The number of methoxy groups -OCH3 is 2. The smallest absolute Gasteiger partial charge is 0.344 e. The summed E-state index contributed by atoms with van der Waals surface area (Å²) in [5.74, 6) is -1.40. The summed E-state index contributed by atoms with van der Waals surface area (Å²) < 4.78 is 16.5. The van der Waals surface area contributed by atoms with Crippen molar-refractivity contribution in [3.05, 3.63) is 82.3 Å². The van der Waals surface area contributed by atoms with E-state index in [1.165, 1.54) is 14.2 Å². The van der Waals surface area contributed by atoms with E-state index in [0.717, 1.165) is 0 Å². The standard InChI is InChI=1S/C25H22BrN3O6/c1-15(17-8-5-7-11-21(17)35-25(32)18-9-4-6-10-19(18)26)28-29-24(31)23(30)27-20-13-12-16(33-2)14-22(20)34-3/h4-14H,1-3H3,(H,27,30)(H,29,31)/b28-15+. The van der Waals surface area contributed by atoms with E-state index in [9.17, 15) is 14.4 Å². The van der Waals surface area contributed by atoms with Crippen LogP contribution in [0.25, 0.3) is 0 Å². The minimum Gasteiger partial charge on any atom is -0.497 e. The molecule has 0 atom stereocenters. The van der Waals surface area contributed by atoms with Crippen molar-refractivity contribution in [1.82, 2.24) is 5.43 Å². The van der Waals surface area contributed by atoms with E-state index in [1.807, 2.05) is 0 Å². The van der Waals surface area contributed by atoms with Gasteiger partial charge in [-0.05, 0) is 59.3 Å². The quantitative estimate of drug-likeness (QED) is 0.153. The molecule has 0 fully saturated rings. The van der Waals surface area contributed by atoms with Gasteiger partial charge in [-0.25, -0.2) is 10.2 Å². The van der Waals surface area contributed by atoms with Crippen LogP contribution in [0.4, 0.5) is 5.69 Å². The number of benzene rings is 3. The van der Waals surface area contributed by atoms with Crippen molar-refractivity contribution in [3.63, 3.8) is 0 Å². The Balaban J connectivity index is 1.70. The van der Waals surface area contributed by atoms with E-state index >= 15 is 0 Å². The van der Waals surface area contributed by atoms with Gasteiger partial charge in [-0.3, -0.25) is 9.59 Å². The van der Waals surface area contributed by atoms with Crippen LogP contribution in [0.2, 0.25) is 0 Å². The van der Waals surface area contributed by atoms with Gasteiger partial charge in [0.15, 0.2) is 0 Å². The first-order valence-corrected chi connectivity index (χ1v) is 11.1. The predicted octanol–water partition coefficient (Wildman–Crippen LogP) is 4.16. The van der Waals surface area contributed by atoms with Crippen molar-refractivity contribution in [1.29, 1.82) is 0 Å². The number of para-hydroxylation sites is 1. The molecule has 10 heteroatoms.